The lowest BCUT2D eigenvalue weighted by Crippen LogP contribution is -2.17. The molecular weight excluding hydrogens is 333 g/mol. The highest BCUT2D eigenvalue weighted by Gasteiger charge is 2.33. The molecule has 7 heteroatoms. The molecule has 1 aromatic heterocycles. The van der Waals surface area contributed by atoms with E-state index in [-0.39, 0.29) is 17.8 Å². The fraction of sp³-hybridized carbons (Fsp3) is 0.167. The summed E-state index contributed by atoms with van der Waals surface area (Å²) in [5, 5.41) is 3.46. The summed E-state index contributed by atoms with van der Waals surface area (Å²) >= 11 is 0. The van der Waals surface area contributed by atoms with Crippen LogP contribution in [-0.2, 0) is 12.7 Å². The maximum Gasteiger partial charge on any atom is 0.418 e. The number of nitrogens with one attached hydrogen (secondary N) is 2. The van der Waals surface area contributed by atoms with Gasteiger partial charge in [-0.05, 0) is 35.7 Å². The Hall–Kier alpha value is -2.96. The van der Waals surface area contributed by atoms with Crippen molar-refractivity contribution >= 4 is 16.6 Å². The number of hydrogen-bond acceptors (Lipinski definition) is 3. The van der Waals surface area contributed by atoms with Gasteiger partial charge in [0.15, 0.2) is 0 Å². The van der Waals surface area contributed by atoms with Crippen LogP contribution in [-0.4, -0.2) is 12.1 Å². The van der Waals surface area contributed by atoms with Crippen LogP contribution in [0.25, 0.3) is 10.9 Å². The van der Waals surface area contributed by atoms with Gasteiger partial charge in [-0.1, -0.05) is 12.1 Å². The van der Waals surface area contributed by atoms with Gasteiger partial charge in [0.05, 0.1) is 18.2 Å². The van der Waals surface area contributed by atoms with Crippen LogP contribution in [0.5, 0.6) is 5.75 Å². The van der Waals surface area contributed by atoms with Gasteiger partial charge in [-0.15, -0.1) is 0 Å². The number of halogens is 3. The number of aromatic amines is 1. The first-order valence-electron chi connectivity index (χ1n) is 7.48. The van der Waals surface area contributed by atoms with E-state index in [0.717, 1.165) is 11.5 Å². The number of H-pyrrole nitrogens is 1. The topological polar surface area (TPSA) is 54.1 Å². The Labute approximate surface area is 141 Å². The van der Waals surface area contributed by atoms with Crippen LogP contribution in [0.15, 0.2) is 53.3 Å². The molecule has 3 rings (SSSR count). The minimum Gasteiger partial charge on any atom is -0.497 e. The molecule has 0 amide bonds. The molecule has 0 fully saturated rings. The third-order valence-electron chi connectivity index (χ3n) is 3.83. The van der Waals surface area contributed by atoms with Crippen LogP contribution in [0, 0.1) is 0 Å². The van der Waals surface area contributed by atoms with Gasteiger partial charge in [-0.25, -0.2) is 0 Å². The maximum atomic E-state index is 13.0. The largest absolute Gasteiger partial charge is 0.497 e. The number of para-hydroxylation sites is 1. The second kappa shape index (κ2) is 6.51. The average Bonchev–Trinajstić information content (AvgIpc) is 2.59. The lowest BCUT2D eigenvalue weighted by Gasteiger charge is -2.14. The van der Waals surface area contributed by atoms with Crippen molar-refractivity contribution in [3.63, 3.8) is 0 Å². The number of rotatable bonds is 4. The molecule has 0 radical (unpaired) electrons. The van der Waals surface area contributed by atoms with E-state index in [2.05, 4.69) is 10.3 Å². The quantitative estimate of drug-likeness (QED) is 0.744. The van der Waals surface area contributed by atoms with Crippen LogP contribution < -0.4 is 15.6 Å². The van der Waals surface area contributed by atoms with Crippen molar-refractivity contribution in [1.29, 1.82) is 0 Å². The van der Waals surface area contributed by atoms with Crippen molar-refractivity contribution in [2.45, 2.75) is 12.7 Å². The molecule has 0 aliphatic rings. The molecule has 4 nitrogen and oxygen atoms in total. The fourth-order valence-corrected chi connectivity index (χ4v) is 2.56. The monoisotopic (exact) mass is 348 g/mol. The number of aromatic nitrogens is 1. The highest BCUT2D eigenvalue weighted by Crippen LogP contribution is 2.34. The van der Waals surface area contributed by atoms with Crippen molar-refractivity contribution < 1.29 is 17.9 Å². The molecule has 0 spiro atoms. The van der Waals surface area contributed by atoms with Gasteiger partial charge >= 0.3 is 6.18 Å². The van der Waals surface area contributed by atoms with E-state index >= 15 is 0 Å². The predicted molar refractivity (Wildman–Crippen MR) is 89.9 cm³/mol. The van der Waals surface area contributed by atoms with Gasteiger partial charge < -0.3 is 15.0 Å². The Morgan fingerprint density at radius 2 is 1.88 bits per heavy atom. The SMILES string of the molecule is COc1ccc2cc(CNc3ccccc3C(F)(F)F)c(=O)[nH]c2c1. The first-order valence-corrected chi connectivity index (χ1v) is 7.48. The molecule has 0 unspecified atom stereocenters. The number of alkyl halides is 3. The summed E-state index contributed by atoms with van der Waals surface area (Å²) in [5.41, 5.74) is -0.252. The molecule has 3 aromatic rings. The molecule has 0 aliphatic heterocycles. The summed E-state index contributed by atoms with van der Waals surface area (Å²) in [6.07, 6.45) is -4.46. The van der Waals surface area contributed by atoms with Gasteiger partial charge in [0.1, 0.15) is 5.75 Å². The highest BCUT2D eigenvalue weighted by molar-refractivity contribution is 5.80. The molecule has 130 valence electrons. The summed E-state index contributed by atoms with van der Waals surface area (Å²) in [6, 6.07) is 12.0. The van der Waals surface area contributed by atoms with Crippen molar-refractivity contribution in [2.75, 3.05) is 12.4 Å². The number of methoxy groups -OCH3 is 1. The highest BCUT2D eigenvalue weighted by atomic mass is 19.4. The van der Waals surface area contributed by atoms with E-state index in [1.165, 1.54) is 25.3 Å². The zero-order valence-corrected chi connectivity index (χ0v) is 13.3. The number of hydrogen-bond donors (Lipinski definition) is 2. The number of pyridine rings is 1. The van der Waals surface area contributed by atoms with E-state index in [1.54, 1.807) is 24.3 Å². The second-order valence-electron chi connectivity index (χ2n) is 5.47. The number of ether oxygens (including phenoxy) is 1. The maximum absolute atomic E-state index is 13.0. The Balaban J connectivity index is 1.90. The summed E-state index contributed by atoms with van der Waals surface area (Å²) in [7, 11) is 1.52. The minimum atomic E-state index is -4.46. The molecule has 0 saturated carbocycles. The van der Waals surface area contributed by atoms with Crippen molar-refractivity contribution in [3.8, 4) is 5.75 Å². The minimum absolute atomic E-state index is 0.0234. The molecule has 0 bridgehead atoms. The molecule has 2 N–H and O–H groups in total. The van der Waals surface area contributed by atoms with Crippen molar-refractivity contribution in [1.82, 2.24) is 4.98 Å². The normalized spacial score (nSPS) is 11.5. The first kappa shape index (κ1) is 16.9. The smallest absolute Gasteiger partial charge is 0.418 e. The van der Waals surface area contributed by atoms with E-state index in [9.17, 15) is 18.0 Å². The van der Waals surface area contributed by atoms with Gasteiger partial charge in [0.25, 0.3) is 5.56 Å². The van der Waals surface area contributed by atoms with Crippen LogP contribution in [0.1, 0.15) is 11.1 Å². The molecule has 0 atom stereocenters. The first-order chi connectivity index (χ1) is 11.9. The average molecular weight is 348 g/mol. The third kappa shape index (κ3) is 3.60. The lowest BCUT2D eigenvalue weighted by atomic mass is 10.1. The standard InChI is InChI=1S/C18H15F3N2O2/c1-25-13-7-6-11-8-12(17(24)23-16(11)9-13)10-22-15-5-3-2-4-14(15)18(19,20)21/h2-9,22H,10H2,1H3,(H,23,24). The summed E-state index contributed by atoms with van der Waals surface area (Å²) in [6.45, 7) is -0.0234. The lowest BCUT2D eigenvalue weighted by molar-refractivity contribution is -0.136. The third-order valence-corrected chi connectivity index (χ3v) is 3.83. The molecule has 1 heterocycles. The zero-order chi connectivity index (χ0) is 18.0. The molecule has 2 aromatic carbocycles. The Morgan fingerprint density at radius 3 is 2.60 bits per heavy atom. The van der Waals surface area contributed by atoms with Gasteiger partial charge in [-0.3, -0.25) is 4.79 Å². The molecule has 0 saturated heterocycles. The Bertz CT molecular complexity index is 964. The van der Waals surface area contributed by atoms with Crippen LogP contribution in [0.3, 0.4) is 0 Å². The van der Waals surface area contributed by atoms with Crippen LogP contribution >= 0.6 is 0 Å². The van der Waals surface area contributed by atoms with Gasteiger partial charge in [0.2, 0.25) is 0 Å². The predicted octanol–water partition coefficient (Wildman–Crippen LogP) is 4.17. The van der Waals surface area contributed by atoms with Crippen molar-refractivity contribution in [3.05, 3.63) is 70.0 Å². The summed E-state index contributed by atoms with van der Waals surface area (Å²) < 4.78 is 44.1. The van der Waals surface area contributed by atoms with Gasteiger partial charge in [0, 0.05) is 23.9 Å². The number of fused-ring (bicyclic) bond motifs is 1. The summed E-state index contributed by atoms with van der Waals surface area (Å²) in [4.78, 5) is 14.9. The van der Waals surface area contributed by atoms with Crippen LogP contribution in [0.2, 0.25) is 0 Å². The Kier molecular flexibility index (Phi) is 4.39. The molecular formula is C18H15F3N2O2. The zero-order valence-electron chi connectivity index (χ0n) is 13.3. The van der Waals surface area contributed by atoms with E-state index < -0.39 is 11.7 Å². The van der Waals surface area contributed by atoms with E-state index in [0.29, 0.717) is 16.8 Å². The van der Waals surface area contributed by atoms with Gasteiger partial charge in [-0.2, -0.15) is 13.2 Å². The van der Waals surface area contributed by atoms with E-state index in [1.807, 2.05) is 0 Å². The second-order valence-corrected chi connectivity index (χ2v) is 5.47. The van der Waals surface area contributed by atoms with Crippen molar-refractivity contribution in [2.24, 2.45) is 0 Å². The van der Waals surface area contributed by atoms with E-state index in [4.69, 9.17) is 4.74 Å². The van der Waals surface area contributed by atoms with Crippen LogP contribution in [0.4, 0.5) is 18.9 Å². The Morgan fingerprint density at radius 1 is 1.12 bits per heavy atom. The molecule has 25 heavy (non-hydrogen) atoms. The number of anilines is 1. The fourth-order valence-electron chi connectivity index (χ4n) is 2.56. The summed E-state index contributed by atoms with van der Waals surface area (Å²) in [5.74, 6) is 0.605. The molecule has 0 aliphatic carbocycles. The number of benzene rings is 2.